The van der Waals surface area contributed by atoms with E-state index in [9.17, 15) is 4.39 Å². The molecular weight excluding hydrogens is 235 g/mol. The number of aliphatic imine (C=N–C) groups is 1. The summed E-state index contributed by atoms with van der Waals surface area (Å²) in [5.74, 6) is 0.908. The lowest BCUT2D eigenvalue weighted by atomic mass is 10.1. The third kappa shape index (κ3) is 3.46. The van der Waals surface area contributed by atoms with E-state index in [0.29, 0.717) is 6.04 Å². The Morgan fingerprint density at radius 2 is 2.35 bits per heavy atom. The van der Waals surface area contributed by atoms with Crippen molar-refractivity contribution in [1.29, 1.82) is 0 Å². The van der Waals surface area contributed by atoms with Crippen molar-refractivity contribution in [2.24, 2.45) is 4.99 Å². The molecule has 1 aliphatic rings. The lowest BCUT2D eigenvalue weighted by molar-refractivity contribution is 0.617. The van der Waals surface area contributed by atoms with Crippen LogP contribution in [0.15, 0.2) is 29.3 Å². The van der Waals surface area contributed by atoms with E-state index in [2.05, 4.69) is 17.2 Å². The first-order valence-corrected chi connectivity index (χ1v) is 6.86. The van der Waals surface area contributed by atoms with Gasteiger partial charge in [0, 0.05) is 5.75 Å². The predicted molar refractivity (Wildman–Crippen MR) is 71.9 cm³/mol. The van der Waals surface area contributed by atoms with E-state index in [1.807, 2.05) is 13.0 Å². The van der Waals surface area contributed by atoms with Crippen LogP contribution in [0, 0.1) is 5.82 Å². The number of rotatable bonds is 2. The summed E-state index contributed by atoms with van der Waals surface area (Å²) < 4.78 is 13.1. The standard InChI is InChI=1S/C13H17FN2S/c1-9-6-7-17-13(15-9)16-10(2)11-4-3-5-12(14)8-11/h3-5,8-10H,6-7H2,1-2H3,(H,15,16). The maximum absolute atomic E-state index is 13.1. The summed E-state index contributed by atoms with van der Waals surface area (Å²) in [6, 6.07) is 7.17. The Labute approximate surface area is 106 Å². The van der Waals surface area contributed by atoms with Gasteiger partial charge >= 0.3 is 0 Å². The highest BCUT2D eigenvalue weighted by Crippen LogP contribution is 2.20. The zero-order valence-corrected chi connectivity index (χ0v) is 10.9. The fourth-order valence-electron chi connectivity index (χ4n) is 1.75. The van der Waals surface area contributed by atoms with Crippen molar-refractivity contribution in [3.05, 3.63) is 35.6 Å². The largest absolute Gasteiger partial charge is 0.358 e. The van der Waals surface area contributed by atoms with Crippen LogP contribution in [-0.2, 0) is 0 Å². The molecule has 1 N–H and O–H groups in total. The lowest BCUT2D eigenvalue weighted by Gasteiger charge is -2.21. The molecule has 2 atom stereocenters. The first-order valence-electron chi connectivity index (χ1n) is 5.88. The van der Waals surface area contributed by atoms with E-state index in [1.165, 1.54) is 6.07 Å². The van der Waals surface area contributed by atoms with E-state index < -0.39 is 0 Å². The molecule has 1 aliphatic heterocycles. The highest BCUT2D eigenvalue weighted by molar-refractivity contribution is 8.13. The first kappa shape index (κ1) is 12.4. The van der Waals surface area contributed by atoms with Gasteiger partial charge < -0.3 is 5.32 Å². The summed E-state index contributed by atoms with van der Waals surface area (Å²) >= 11 is 1.74. The molecule has 4 heteroatoms. The minimum atomic E-state index is -0.192. The minimum absolute atomic E-state index is 0.0854. The Balaban J connectivity index is 2.04. The van der Waals surface area contributed by atoms with Gasteiger partial charge in [0.15, 0.2) is 5.17 Å². The molecule has 92 valence electrons. The van der Waals surface area contributed by atoms with Crippen molar-refractivity contribution in [2.75, 3.05) is 5.75 Å². The molecule has 17 heavy (non-hydrogen) atoms. The topological polar surface area (TPSA) is 24.4 Å². The van der Waals surface area contributed by atoms with Gasteiger partial charge in [-0.05, 0) is 38.0 Å². The molecule has 1 heterocycles. The second kappa shape index (κ2) is 5.54. The maximum atomic E-state index is 13.1. The van der Waals surface area contributed by atoms with Gasteiger partial charge in [0.2, 0.25) is 0 Å². The van der Waals surface area contributed by atoms with Crippen molar-refractivity contribution in [1.82, 2.24) is 5.32 Å². The first-order chi connectivity index (χ1) is 8.15. The van der Waals surface area contributed by atoms with Crippen molar-refractivity contribution < 1.29 is 4.39 Å². The van der Waals surface area contributed by atoms with Crippen LogP contribution >= 0.6 is 11.8 Å². The number of hydrogen-bond donors (Lipinski definition) is 1. The SMILES string of the molecule is CC1CCSC(NC(C)c2cccc(F)c2)=N1. The molecule has 0 aliphatic carbocycles. The molecule has 2 unspecified atom stereocenters. The molecule has 1 aromatic carbocycles. The van der Waals surface area contributed by atoms with Crippen LogP contribution in [0.3, 0.4) is 0 Å². The van der Waals surface area contributed by atoms with Gasteiger partial charge in [-0.3, -0.25) is 4.99 Å². The zero-order valence-electron chi connectivity index (χ0n) is 10.1. The van der Waals surface area contributed by atoms with Gasteiger partial charge in [-0.15, -0.1) is 0 Å². The van der Waals surface area contributed by atoms with Crippen LogP contribution in [0.5, 0.6) is 0 Å². The van der Waals surface area contributed by atoms with Crippen LogP contribution in [0.25, 0.3) is 0 Å². The quantitative estimate of drug-likeness (QED) is 0.873. The molecule has 0 saturated carbocycles. The van der Waals surface area contributed by atoms with Gasteiger partial charge in [-0.2, -0.15) is 0 Å². The van der Waals surface area contributed by atoms with Crippen LogP contribution in [0.4, 0.5) is 4.39 Å². The average molecular weight is 252 g/mol. The van der Waals surface area contributed by atoms with E-state index in [4.69, 9.17) is 0 Å². The normalized spacial score (nSPS) is 21.8. The molecule has 0 spiro atoms. The Hall–Kier alpha value is -1.03. The summed E-state index contributed by atoms with van der Waals surface area (Å²) in [5.41, 5.74) is 0.950. The monoisotopic (exact) mass is 252 g/mol. The number of nitrogens with one attached hydrogen (secondary N) is 1. The van der Waals surface area contributed by atoms with Gasteiger partial charge in [-0.1, -0.05) is 23.9 Å². The molecule has 0 bridgehead atoms. The molecule has 2 rings (SSSR count). The number of amidine groups is 1. The number of thioether (sulfide) groups is 1. The highest BCUT2D eigenvalue weighted by Gasteiger charge is 2.14. The zero-order chi connectivity index (χ0) is 12.3. The molecule has 0 aromatic heterocycles. The average Bonchev–Trinajstić information content (AvgIpc) is 2.29. The third-order valence-electron chi connectivity index (χ3n) is 2.80. The number of halogens is 1. The Bertz CT molecular complexity index is 420. The predicted octanol–water partition coefficient (Wildman–Crippen LogP) is 3.36. The third-order valence-corrected chi connectivity index (χ3v) is 3.74. The second-order valence-electron chi connectivity index (χ2n) is 4.34. The van der Waals surface area contributed by atoms with E-state index in [-0.39, 0.29) is 11.9 Å². The highest BCUT2D eigenvalue weighted by atomic mass is 32.2. The van der Waals surface area contributed by atoms with Crippen molar-refractivity contribution >= 4 is 16.9 Å². The van der Waals surface area contributed by atoms with Crippen LogP contribution in [0.1, 0.15) is 31.9 Å². The van der Waals surface area contributed by atoms with E-state index >= 15 is 0 Å². The number of nitrogens with zero attached hydrogens (tertiary/aromatic N) is 1. The van der Waals surface area contributed by atoms with Gasteiger partial charge in [-0.25, -0.2) is 4.39 Å². The number of benzene rings is 1. The maximum Gasteiger partial charge on any atom is 0.157 e. The van der Waals surface area contributed by atoms with Crippen LogP contribution in [0.2, 0.25) is 0 Å². The van der Waals surface area contributed by atoms with Crippen molar-refractivity contribution in [2.45, 2.75) is 32.4 Å². The smallest absolute Gasteiger partial charge is 0.157 e. The summed E-state index contributed by atoms with van der Waals surface area (Å²) in [6.45, 7) is 4.14. The van der Waals surface area contributed by atoms with Gasteiger partial charge in [0.05, 0.1) is 12.1 Å². The molecule has 0 fully saturated rings. The Kier molecular flexibility index (Phi) is 4.05. The summed E-state index contributed by atoms with van der Waals surface area (Å²) in [7, 11) is 0. The van der Waals surface area contributed by atoms with Crippen LogP contribution in [-0.4, -0.2) is 17.0 Å². The second-order valence-corrected chi connectivity index (χ2v) is 5.43. The van der Waals surface area contributed by atoms with Crippen molar-refractivity contribution in [3.8, 4) is 0 Å². The molecule has 2 nitrogen and oxygen atoms in total. The Morgan fingerprint density at radius 1 is 1.53 bits per heavy atom. The van der Waals surface area contributed by atoms with Crippen molar-refractivity contribution in [3.63, 3.8) is 0 Å². The summed E-state index contributed by atoms with van der Waals surface area (Å²) in [6.07, 6.45) is 1.13. The summed E-state index contributed by atoms with van der Waals surface area (Å²) in [5, 5.41) is 4.31. The molecule has 1 aromatic rings. The summed E-state index contributed by atoms with van der Waals surface area (Å²) in [4.78, 5) is 4.54. The molecule has 0 saturated heterocycles. The molecule has 0 amide bonds. The molecule has 0 radical (unpaired) electrons. The van der Waals surface area contributed by atoms with Gasteiger partial charge in [0.1, 0.15) is 5.82 Å². The minimum Gasteiger partial charge on any atom is -0.358 e. The number of hydrogen-bond acceptors (Lipinski definition) is 3. The van der Waals surface area contributed by atoms with Gasteiger partial charge in [0.25, 0.3) is 0 Å². The van der Waals surface area contributed by atoms with E-state index in [0.717, 1.165) is 22.9 Å². The Morgan fingerprint density at radius 3 is 3.06 bits per heavy atom. The lowest BCUT2D eigenvalue weighted by Crippen LogP contribution is -2.28. The fourth-order valence-corrected chi connectivity index (χ4v) is 2.92. The fraction of sp³-hybridized carbons (Fsp3) is 0.462. The molecular formula is C13H17FN2S. The van der Waals surface area contributed by atoms with Crippen LogP contribution < -0.4 is 5.32 Å². The van der Waals surface area contributed by atoms with E-state index in [1.54, 1.807) is 23.9 Å².